The molecule has 8 heteroatoms. The van der Waals surface area contributed by atoms with E-state index in [1.54, 1.807) is 13.8 Å². The number of amides is 3. The molecule has 0 spiro atoms. The SMILES string of the molecule is CC1(C)C(=O)NCCN1C(=O)NCCC(O)C(=O)O. The molecule has 3 amide bonds. The lowest BCUT2D eigenvalue weighted by atomic mass is 9.99. The van der Waals surface area contributed by atoms with E-state index in [2.05, 4.69) is 10.6 Å². The average molecular weight is 273 g/mol. The monoisotopic (exact) mass is 273 g/mol. The first-order chi connectivity index (χ1) is 8.76. The van der Waals surface area contributed by atoms with Gasteiger partial charge in [-0.15, -0.1) is 0 Å². The summed E-state index contributed by atoms with van der Waals surface area (Å²) in [5.41, 5.74) is -0.951. The Morgan fingerprint density at radius 2 is 2.16 bits per heavy atom. The second-order valence-electron chi connectivity index (χ2n) is 4.84. The van der Waals surface area contributed by atoms with Crippen LogP contribution in [-0.4, -0.2) is 64.3 Å². The van der Waals surface area contributed by atoms with E-state index in [1.165, 1.54) is 4.90 Å². The van der Waals surface area contributed by atoms with Crippen LogP contribution in [0, 0.1) is 0 Å². The predicted octanol–water partition coefficient (Wildman–Crippen LogP) is -1.26. The third-order valence-electron chi connectivity index (χ3n) is 3.08. The lowest BCUT2D eigenvalue weighted by Crippen LogP contribution is -2.65. The van der Waals surface area contributed by atoms with Crippen LogP contribution >= 0.6 is 0 Å². The minimum absolute atomic E-state index is 0.0283. The van der Waals surface area contributed by atoms with Crippen molar-refractivity contribution in [3.63, 3.8) is 0 Å². The molecule has 1 rings (SSSR count). The molecule has 0 saturated carbocycles. The van der Waals surface area contributed by atoms with E-state index in [0.29, 0.717) is 13.1 Å². The van der Waals surface area contributed by atoms with Crippen molar-refractivity contribution >= 4 is 17.9 Å². The third kappa shape index (κ3) is 3.57. The van der Waals surface area contributed by atoms with E-state index < -0.39 is 23.6 Å². The maximum Gasteiger partial charge on any atom is 0.332 e. The quantitative estimate of drug-likeness (QED) is 0.510. The van der Waals surface area contributed by atoms with E-state index in [1.807, 2.05) is 0 Å². The molecule has 1 aliphatic heterocycles. The van der Waals surface area contributed by atoms with E-state index in [-0.39, 0.29) is 18.9 Å². The van der Waals surface area contributed by atoms with Crippen molar-refractivity contribution in [3.05, 3.63) is 0 Å². The van der Waals surface area contributed by atoms with E-state index in [9.17, 15) is 14.4 Å². The number of carboxylic acid groups (broad SMARTS) is 1. The molecule has 1 aliphatic rings. The molecule has 1 fully saturated rings. The van der Waals surface area contributed by atoms with Gasteiger partial charge in [0.1, 0.15) is 5.54 Å². The van der Waals surface area contributed by atoms with Crippen molar-refractivity contribution in [1.29, 1.82) is 0 Å². The molecule has 0 aromatic rings. The largest absolute Gasteiger partial charge is 0.479 e. The molecular formula is C11H19N3O5. The minimum atomic E-state index is -1.50. The number of carbonyl (C=O) groups is 3. The summed E-state index contributed by atoms with van der Waals surface area (Å²) < 4.78 is 0. The standard InChI is InChI=1S/C11H19N3O5/c1-11(2)9(18)12-5-6-14(11)10(19)13-4-3-7(15)8(16)17/h7,15H,3-6H2,1-2H3,(H,12,18)(H,13,19)(H,16,17). The Morgan fingerprint density at radius 1 is 1.53 bits per heavy atom. The van der Waals surface area contributed by atoms with Gasteiger partial charge in [0.25, 0.3) is 0 Å². The summed E-state index contributed by atoms with van der Waals surface area (Å²) in [6.45, 7) is 4.06. The van der Waals surface area contributed by atoms with Gasteiger partial charge in [-0.05, 0) is 13.8 Å². The minimum Gasteiger partial charge on any atom is -0.479 e. The number of hydrogen-bond donors (Lipinski definition) is 4. The van der Waals surface area contributed by atoms with Crippen molar-refractivity contribution in [2.24, 2.45) is 0 Å². The number of aliphatic carboxylic acids is 1. The zero-order valence-electron chi connectivity index (χ0n) is 11.0. The Morgan fingerprint density at radius 3 is 2.74 bits per heavy atom. The van der Waals surface area contributed by atoms with Gasteiger partial charge in [-0.1, -0.05) is 0 Å². The fraction of sp³-hybridized carbons (Fsp3) is 0.727. The number of carboxylic acids is 1. The fourth-order valence-corrected chi connectivity index (χ4v) is 1.79. The molecule has 1 saturated heterocycles. The van der Waals surface area contributed by atoms with Gasteiger partial charge in [-0.25, -0.2) is 9.59 Å². The zero-order valence-corrected chi connectivity index (χ0v) is 11.0. The van der Waals surface area contributed by atoms with Gasteiger partial charge >= 0.3 is 12.0 Å². The Kier molecular flexibility index (Phi) is 4.71. The summed E-state index contributed by atoms with van der Waals surface area (Å²) >= 11 is 0. The summed E-state index contributed by atoms with van der Waals surface area (Å²) in [6, 6.07) is -0.447. The molecule has 8 nitrogen and oxygen atoms in total. The van der Waals surface area contributed by atoms with Crippen LogP contribution in [0.25, 0.3) is 0 Å². The Labute approximate surface area is 110 Å². The van der Waals surface area contributed by atoms with Gasteiger partial charge in [0.05, 0.1) is 0 Å². The van der Waals surface area contributed by atoms with E-state index in [0.717, 1.165) is 0 Å². The van der Waals surface area contributed by atoms with Gasteiger partial charge in [0.2, 0.25) is 5.91 Å². The molecule has 0 aromatic heterocycles. The first-order valence-corrected chi connectivity index (χ1v) is 6.01. The van der Waals surface area contributed by atoms with Crippen molar-refractivity contribution in [2.45, 2.75) is 31.9 Å². The van der Waals surface area contributed by atoms with Crippen molar-refractivity contribution in [1.82, 2.24) is 15.5 Å². The second kappa shape index (κ2) is 5.87. The molecule has 0 radical (unpaired) electrons. The average Bonchev–Trinajstić information content (AvgIpc) is 2.32. The first kappa shape index (κ1) is 15.2. The highest BCUT2D eigenvalue weighted by Gasteiger charge is 2.40. The van der Waals surface area contributed by atoms with Crippen LogP contribution in [0.1, 0.15) is 20.3 Å². The predicted molar refractivity (Wildman–Crippen MR) is 65.5 cm³/mol. The van der Waals surface area contributed by atoms with Gasteiger partial charge in [-0.2, -0.15) is 0 Å². The maximum atomic E-state index is 11.9. The third-order valence-corrected chi connectivity index (χ3v) is 3.08. The summed E-state index contributed by atoms with van der Waals surface area (Å²) in [7, 11) is 0. The Hall–Kier alpha value is -1.83. The molecule has 0 aliphatic carbocycles. The first-order valence-electron chi connectivity index (χ1n) is 6.01. The number of carbonyl (C=O) groups excluding carboxylic acids is 2. The molecule has 4 N–H and O–H groups in total. The molecule has 0 bridgehead atoms. The molecule has 108 valence electrons. The van der Waals surface area contributed by atoms with Gasteiger partial charge in [0, 0.05) is 26.1 Å². The summed E-state index contributed by atoms with van der Waals surface area (Å²) in [5, 5.41) is 22.7. The van der Waals surface area contributed by atoms with E-state index >= 15 is 0 Å². The number of rotatable bonds is 4. The number of aliphatic hydroxyl groups is 1. The topological polar surface area (TPSA) is 119 Å². The van der Waals surface area contributed by atoms with E-state index in [4.69, 9.17) is 10.2 Å². The van der Waals surface area contributed by atoms with Crippen LogP contribution < -0.4 is 10.6 Å². The number of aliphatic hydroxyl groups excluding tert-OH is 1. The maximum absolute atomic E-state index is 11.9. The number of hydrogen-bond acceptors (Lipinski definition) is 4. The summed E-state index contributed by atoms with van der Waals surface area (Å²) in [5.74, 6) is -1.56. The van der Waals surface area contributed by atoms with Gasteiger partial charge < -0.3 is 25.7 Å². The number of nitrogens with one attached hydrogen (secondary N) is 2. The highest BCUT2D eigenvalue weighted by atomic mass is 16.4. The Bertz CT molecular complexity index is 383. The number of urea groups is 1. The highest BCUT2D eigenvalue weighted by molar-refractivity contribution is 5.91. The molecular weight excluding hydrogens is 254 g/mol. The van der Waals surface area contributed by atoms with Gasteiger partial charge in [-0.3, -0.25) is 4.79 Å². The number of piperazine rings is 1. The number of nitrogens with zero attached hydrogens (tertiary/aromatic N) is 1. The second-order valence-corrected chi connectivity index (χ2v) is 4.84. The highest BCUT2D eigenvalue weighted by Crippen LogP contribution is 2.17. The van der Waals surface area contributed by atoms with Crippen molar-refractivity contribution in [3.8, 4) is 0 Å². The van der Waals surface area contributed by atoms with Crippen LogP contribution in [0.5, 0.6) is 0 Å². The van der Waals surface area contributed by atoms with Crippen LogP contribution in [0.4, 0.5) is 4.79 Å². The summed E-state index contributed by atoms with van der Waals surface area (Å²) in [6.07, 6.45) is -1.58. The van der Waals surface area contributed by atoms with Crippen LogP contribution in [-0.2, 0) is 9.59 Å². The van der Waals surface area contributed by atoms with Crippen molar-refractivity contribution < 1.29 is 24.6 Å². The Balaban J connectivity index is 2.49. The van der Waals surface area contributed by atoms with Crippen molar-refractivity contribution in [2.75, 3.05) is 19.6 Å². The molecule has 19 heavy (non-hydrogen) atoms. The smallest absolute Gasteiger partial charge is 0.332 e. The zero-order chi connectivity index (χ0) is 14.6. The molecule has 1 unspecified atom stereocenters. The van der Waals surface area contributed by atoms with Crippen LogP contribution in [0.15, 0.2) is 0 Å². The van der Waals surface area contributed by atoms with Gasteiger partial charge in [0.15, 0.2) is 6.10 Å². The lowest BCUT2D eigenvalue weighted by molar-refractivity contribution is -0.146. The molecule has 0 aromatic carbocycles. The fourth-order valence-electron chi connectivity index (χ4n) is 1.79. The lowest BCUT2D eigenvalue weighted by Gasteiger charge is -2.40. The molecule has 1 heterocycles. The van der Waals surface area contributed by atoms with Crippen LogP contribution in [0.3, 0.4) is 0 Å². The normalized spacial score (nSPS) is 19.5. The summed E-state index contributed by atoms with van der Waals surface area (Å²) in [4.78, 5) is 35.4. The molecule has 1 atom stereocenters. The van der Waals surface area contributed by atoms with Crippen LogP contribution in [0.2, 0.25) is 0 Å².